The van der Waals surface area contributed by atoms with Crippen LogP contribution in [0.2, 0.25) is 0 Å². The average Bonchev–Trinajstić information content (AvgIpc) is 3.03. The summed E-state index contributed by atoms with van der Waals surface area (Å²) < 4.78 is 5.24. The molecule has 2 aromatic rings. The minimum Gasteiger partial charge on any atom is -0.507 e. The molecule has 158 valence electrons. The number of hydrogen-bond donors (Lipinski definition) is 1. The van der Waals surface area contributed by atoms with Crippen molar-refractivity contribution in [1.82, 2.24) is 4.90 Å². The van der Waals surface area contributed by atoms with Crippen LogP contribution in [0, 0.1) is 0 Å². The number of carbonyl (C=O) groups is 2. The van der Waals surface area contributed by atoms with Gasteiger partial charge in [0.2, 0.25) is 0 Å². The first kappa shape index (κ1) is 21.6. The molecule has 1 atom stereocenters. The lowest BCUT2D eigenvalue weighted by Crippen LogP contribution is -2.30. The molecule has 2 aromatic carbocycles. The van der Waals surface area contributed by atoms with Crippen LogP contribution < -0.4 is 4.74 Å². The van der Waals surface area contributed by atoms with Crippen molar-refractivity contribution in [1.29, 1.82) is 0 Å². The number of aryl methyl sites for hydroxylation is 1. The summed E-state index contributed by atoms with van der Waals surface area (Å²) in [5.74, 6) is -0.800. The lowest BCUT2D eigenvalue weighted by molar-refractivity contribution is -0.139. The molecule has 1 N–H and O–H groups in total. The van der Waals surface area contributed by atoms with Crippen LogP contribution >= 0.6 is 0 Å². The van der Waals surface area contributed by atoms with Gasteiger partial charge in [0, 0.05) is 12.1 Å². The Labute approximate surface area is 178 Å². The van der Waals surface area contributed by atoms with Gasteiger partial charge in [0.1, 0.15) is 11.5 Å². The number of hydrogen-bond acceptors (Lipinski definition) is 4. The third-order valence-electron chi connectivity index (χ3n) is 5.59. The molecule has 30 heavy (non-hydrogen) atoms. The van der Waals surface area contributed by atoms with Gasteiger partial charge in [0.05, 0.1) is 18.7 Å². The van der Waals surface area contributed by atoms with Gasteiger partial charge in [-0.1, -0.05) is 63.1 Å². The quantitative estimate of drug-likeness (QED) is 0.293. The van der Waals surface area contributed by atoms with E-state index < -0.39 is 17.7 Å². The molecule has 1 saturated heterocycles. The summed E-state index contributed by atoms with van der Waals surface area (Å²) in [6, 6.07) is 14.2. The van der Waals surface area contributed by atoms with E-state index in [0.717, 1.165) is 31.2 Å². The Morgan fingerprint density at radius 3 is 2.43 bits per heavy atom. The van der Waals surface area contributed by atoms with E-state index >= 15 is 0 Å². The van der Waals surface area contributed by atoms with Gasteiger partial charge in [-0.3, -0.25) is 9.59 Å². The number of nitrogens with zero attached hydrogens (tertiary/aromatic N) is 1. The lowest BCUT2D eigenvalue weighted by atomic mass is 9.94. The highest BCUT2D eigenvalue weighted by Gasteiger charge is 2.45. The molecule has 0 spiro atoms. The largest absolute Gasteiger partial charge is 0.507 e. The molecule has 0 saturated carbocycles. The molecule has 1 aliphatic rings. The van der Waals surface area contributed by atoms with Gasteiger partial charge < -0.3 is 14.7 Å². The predicted octanol–water partition coefficient (Wildman–Crippen LogP) is 4.87. The standard InChI is InChI=1S/C25H29NO4/c1-4-6-7-15-26-22(18-13-11-17(5-2)12-14-18)21(24(28)25(26)29)23(27)19-9-8-10-20(16-19)30-3/h8-14,16,22,27H,4-7,15H2,1-3H3/b23-21-. The third-order valence-corrected chi connectivity index (χ3v) is 5.59. The van der Waals surface area contributed by atoms with Gasteiger partial charge in [0.15, 0.2) is 0 Å². The van der Waals surface area contributed by atoms with Crippen molar-refractivity contribution in [2.75, 3.05) is 13.7 Å². The number of unbranched alkanes of at least 4 members (excludes halogenated alkanes) is 2. The minimum atomic E-state index is -0.642. The lowest BCUT2D eigenvalue weighted by Gasteiger charge is -2.25. The van der Waals surface area contributed by atoms with Crippen LogP contribution in [0.25, 0.3) is 5.76 Å². The molecular weight excluding hydrogens is 378 g/mol. The molecule has 1 heterocycles. The molecule has 0 aliphatic carbocycles. The normalized spacial score (nSPS) is 18.1. The van der Waals surface area contributed by atoms with E-state index in [1.807, 2.05) is 24.3 Å². The second kappa shape index (κ2) is 9.61. The molecule has 1 aliphatic heterocycles. The third kappa shape index (κ3) is 4.25. The van der Waals surface area contributed by atoms with Crippen molar-refractivity contribution >= 4 is 17.4 Å². The highest BCUT2D eigenvalue weighted by Crippen LogP contribution is 2.40. The van der Waals surface area contributed by atoms with Crippen molar-refractivity contribution < 1.29 is 19.4 Å². The van der Waals surface area contributed by atoms with E-state index in [4.69, 9.17) is 4.74 Å². The van der Waals surface area contributed by atoms with Crippen LogP contribution in [-0.4, -0.2) is 35.4 Å². The average molecular weight is 408 g/mol. The summed E-state index contributed by atoms with van der Waals surface area (Å²) in [4.78, 5) is 27.5. The molecule has 5 nitrogen and oxygen atoms in total. The summed E-state index contributed by atoms with van der Waals surface area (Å²) in [7, 11) is 1.54. The van der Waals surface area contributed by atoms with E-state index in [1.165, 1.54) is 5.56 Å². The number of likely N-dealkylation sites (tertiary alicyclic amines) is 1. The number of aliphatic hydroxyl groups is 1. The zero-order chi connectivity index (χ0) is 21.7. The van der Waals surface area contributed by atoms with Gasteiger partial charge >= 0.3 is 0 Å². The Bertz CT molecular complexity index is 946. The zero-order valence-electron chi connectivity index (χ0n) is 17.9. The number of Topliss-reactive ketones (excluding diaryl/α,β-unsaturated/α-hetero) is 1. The Kier molecular flexibility index (Phi) is 6.93. The van der Waals surface area contributed by atoms with Crippen LogP contribution in [0.4, 0.5) is 0 Å². The molecule has 3 rings (SSSR count). The molecule has 0 radical (unpaired) electrons. The van der Waals surface area contributed by atoms with E-state index in [2.05, 4.69) is 13.8 Å². The summed E-state index contributed by atoms with van der Waals surface area (Å²) >= 11 is 0. The van der Waals surface area contributed by atoms with Crippen molar-refractivity contribution in [2.24, 2.45) is 0 Å². The van der Waals surface area contributed by atoms with Crippen LogP contribution in [0.3, 0.4) is 0 Å². The van der Waals surface area contributed by atoms with Gasteiger partial charge in [-0.05, 0) is 36.1 Å². The number of aliphatic hydroxyl groups excluding tert-OH is 1. The van der Waals surface area contributed by atoms with Crippen LogP contribution in [-0.2, 0) is 16.0 Å². The van der Waals surface area contributed by atoms with Gasteiger partial charge in [-0.25, -0.2) is 0 Å². The predicted molar refractivity (Wildman–Crippen MR) is 117 cm³/mol. The Hall–Kier alpha value is -3.08. The van der Waals surface area contributed by atoms with Crippen molar-refractivity contribution in [2.45, 2.75) is 45.6 Å². The number of benzene rings is 2. The van der Waals surface area contributed by atoms with Crippen LogP contribution in [0.5, 0.6) is 5.75 Å². The highest BCUT2D eigenvalue weighted by molar-refractivity contribution is 6.46. The number of ether oxygens (including phenoxy) is 1. The second-order valence-electron chi connectivity index (χ2n) is 7.53. The molecular formula is C25H29NO4. The van der Waals surface area contributed by atoms with E-state index in [-0.39, 0.29) is 11.3 Å². The number of ketones is 1. The molecule has 1 unspecified atom stereocenters. The molecule has 1 fully saturated rings. The monoisotopic (exact) mass is 407 g/mol. The van der Waals surface area contributed by atoms with E-state index in [1.54, 1.807) is 36.3 Å². The molecule has 0 aromatic heterocycles. The Morgan fingerprint density at radius 1 is 1.07 bits per heavy atom. The summed E-state index contributed by atoms with van der Waals surface area (Å²) in [5, 5.41) is 11.1. The van der Waals surface area contributed by atoms with Crippen molar-refractivity contribution in [3.05, 3.63) is 70.8 Å². The smallest absolute Gasteiger partial charge is 0.295 e. The first-order chi connectivity index (χ1) is 14.5. The fourth-order valence-electron chi connectivity index (χ4n) is 3.85. The maximum atomic E-state index is 13.0. The van der Waals surface area contributed by atoms with Crippen LogP contribution in [0.1, 0.15) is 55.8 Å². The topological polar surface area (TPSA) is 66.8 Å². The van der Waals surface area contributed by atoms with Gasteiger partial charge in [0.25, 0.3) is 11.7 Å². The Balaban J connectivity index is 2.11. The summed E-state index contributed by atoms with van der Waals surface area (Å²) in [5.41, 5.74) is 2.59. The second-order valence-corrected chi connectivity index (χ2v) is 7.53. The van der Waals surface area contributed by atoms with Crippen molar-refractivity contribution in [3.63, 3.8) is 0 Å². The van der Waals surface area contributed by atoms with Gasteiger partial charge in [-0.2, -0.15) is 0 Å². The maximum absolute atomic E-state index is 13.0. The molecule has 1 amide bonds. The number of methoxy groups -OCH3 is 1. The fourth-order valence-corrected chi connectivity index (χ4v) is 3.85. The summed E-state index contributed by atoms with van der Waals surface area (Å²) in [6.45, 7) is 4.65. The van der Waals surface area contributed by atoms with Crippen LogP contribution in [0.15, 0.2) is 54.1 Å². The molecule has 0 bridgehead atoms. The first-order valence-corrected chi connectivity index (χ1v) is 10.5. The highest BCUT2D eigenvalue weighted by atomic mass is 16.5. The number of amides is 1. The molecule has 5 heteroatoms. The summed E-state index contributed by atoms with van der Waals surface area (Å²) in [6.07, 6.45) is 3.71. The Morgan fingerprint density at radius 2 is 1.80 bits per heavy atom. The fraction of sp³-hybridized carbons (Fsp3) is 0.360. The number of rotatable bonds is 8. The number of carbonyl (C=O) groups excluding carboxylic acids is 2. The minimum absolute atomic E-state index is 0.133. The SMILES string of the molecule is CCCCCN1C(=O)C(=O)/C(=C(\O)c2cccc(OC)c2)C1c1ccc(CC)cc1. The first-order valence-electron chi connectivity index (χ1n) is 10.5. The zero-order valence-corrected chi connectivity index (χ0v) is 17.9. The van der Waals surface area contributed by atoms with E-state index in [0.29, 0.717) is 17.9 Å². The van der Waals surface area contributed by atoms with Gasteiger partial charge in [-0.15, -0.1) is 0 Å². The van der Waals surface area contributed by atoms with E-state index in [9.17, 15) is 14.7 Å². The maximum Gasteiger partial charge on any atom is 0.295 e. The van der Waals surface area contributed by atoms with Crippen molar-refractivity contribution in [3.8, 4) is 5.75 Å².